The van der Waals surface area contributed by atoms with E-state index in [1.54, 1.807) is 19.9 Å². The first kappa shape index (κ1) is 21.3. The smallest absolute Gasteiger partial charge is 0.258 e. The molecule has 0 saturated carbocycles. The molecule has 0 saturated heterocycles. The molecule has 156 valence electrons. The lowest BCUT2D eigenvalue weighted by Gasteiger charge is -2.19. The van der Waals surface area contributed by atoms with Gasteiger partial charge in [-0.05, 0) is 49.2 Å². The Balaban J connectivity index is 1.89. The number of carbonyl (C=O) groups is 1. The first-order valence-electron chi connectivity index (χ1n) is 9.80. The van der Waals surface area contributed by atoms with Crippen LogP contribution in [0.1, 0.15) is 36.7 Å². The molecule has 3 rings (SSSR count). The number of carbonyl (C=O) groups excluding carboxylic acids is 1. The summed E-state index contributed by atoms with van der Waals surface area (Å²) in [5, 5.41) is 2.70. The Bertz CT molecular complexity index is 1020. The van der Waals surface area contributed by atoms with Crippen molar-refractivity contribution >= 4 is 27.3 Å². The molecule has 0 fully saturated rings. The van der Waals surface area contributed by atoms with Gasteiger partial charge in [0.2, 0.25) is 10.0 Å². The number of amides is 1. The number of anilines is 2. The number of nitrogens with zero attached hydrogens (tertiary/aromatic N) is 2. The lowest BCUT2D eigenvalue weighted by atomic mass is 10.1. The fourth-order valence-electron chi connectivity index (χ4n) is 3.60. The Hall–Kier alpha value is -2.45. The van der Waals surface area contributed by atoms with Gasteiger partial charge >= 0.3 is 0 Å². The maximum absolute atomic E-state index is 14.3. The van der Waals surface area contributed by atoms with Crippen molar-refractivity contribution in [1.29, 1.82) is 0 Å². The number of sulfonamides is 1. The van der Waals surface area contributed by atoms with Crippen molar-refractivity contribution in [2.75, 3.05) is 36.4 Å². The van der Waals surface area contributed by atoms with Gasteiger partial charge in [0.1, 0.15) is 5.82 Å². The van der Waals surface area contributed by atoms with Crippen molar-refractivity contribution in [2.45, 2.75) is 32.1 Å². The van der Waals surface area contributed by atoms with Crippen molar-refractivity contribution < 1.29 is 17.6 Å². The highest BCUT2D eigenvalue weighted by Crippen LogP contribution is 2.31. The van der Waals surface area contributed by atoms with Gasteiger partial charge in [0, 0.05) is 37.6 Å². The molecule has 8 heteroatoms. The van der Waals surface area contributed by atoms with Gasteiger partial charge in [-0.3, -0.25) is 4.79 Å². The van der Waals surface area contributed by atoms with Gasteiger partial charge in [0.05, 0.1) is 10.5 Å². The largest absolute Gasteiger partial charge is 0.371 e. The predicted molar refractivity (Wildman–Crippen MR) is 112 cm³/mol. The third kappa shape index (κ3) is 4.13. The third-order valence-corrected chi connectivity index (χ3v) is 7.29. The molecular weight excluding hydrogens is 393 g/mol. The Labute approximate surface area is 171 Å². The van der Waals surface area contributed by atoms with E-state index in [4.69, 9.17) is 0 Å². The quantitative estimate of drug-likeness (QED) is 0.746. The van der Waals surface area contributed by atoms with Crippen LogP contribution in [0.4, 0.5) is 15.8 Å². The summed E-state index contributed by atoms with van der Waals surface area (Å²) in [7, 11) is -3.79. The molecule has 0 radical (unpaired) electrons. The summed E-state index contributed by atoms with van der Waals surface area (Å²) in [6, 6.07) is 8.92. The summed E-state index contributed by atoms with van der Waals surface area (Å²) in [5.74, 6) is -1.45. The minimum Gasteiger partial charge on any atom is -0.371 e. The number of hydrogen-bond donors (Lipinski definition) is 1. The van der Waals surface area contributed by atoms with Crippen molar-refractivity contribution in [3.05, 3.63) is 53.3 Å². The normalized spacial score (nSPS) is 13.6. The highest BCUT2D eigenvalue weighted by molar-refractivity contribution is 7.89. The Morgan fingerprint density at radius 3 is 2.52 bits per heavy atom. The standard InChI is InChI=1S/C21H26FN3O3S/c1-4-24-12-11-15-7-8-16(13-20(15)24)23-21(26)18-14-17(9-10-19(18)22)29(27,28)25(5-2)6-3/h7-10,13-14H,4-6,11-12H2,1-3H3,(H,23,26). The molecule has 1 aliphatic heterocycles. The highest BCUT2D eigenvalue weighted by atomic mass is 32.2. The highest BCUT2D eigenvalue weighted by Gasteiger charge is 2.25. The lowest BCUT2D eigenvalue weighted by Crippen LogP contribution is -2.31. The van der Waals surface area contributed by atoms with E-state index < -0.39 is 21.7 Å². The van der Waals surface area contributed by atoms with Crippen LogP contribution in [0, 0.1) is 5.82 Å². The number of halogens is 1. The number of rotatable bonds is 7. The fraction of sp³-hybridized carbons (Fsp3) is 0.381. The average molecular weight is 420 g/mol. The van der Waals surface area contributed by atoms with Gasteiger partial charge in [-0.25, -0.2) is 12.8 Å². The fourth-order valence-corrected chi connectivity index (χ4v) is 5.09. The summed E-state index contributed by atoms with van der Waals surface area (Å²) < 4.78 is 41.0. The Morgan fingerprint density at radius 1 is 1.14 bits per heavy atom. The van der Waals surface area contributed by atoms with Crippen LogP contribution in [0.2, 0.25) is 0 Å². The molecule has 1 amide bonds. The van der Waals surface area contributed by atoms with Crippen molar-refractivity contribution in [1.82, 2.24) is 4.31 Å². The summed E-state index contributed by atoms with van der Waals surface area (Å²) in [5.41, 5.74) is 2.52. The van der Waals surface area contributed by atoms with Crippen molar-refractivity contribution in [3.8, 4) is 0 Å². The van der Waals surface area contributed by atoms with Crippen molar-refractivity contribution in [3.63, 3.8) is 0 Å². The zero-order valence-corrected chi connectivity index (χ0v) is 17.7. The molecule has 0 aliphatic carbocycles. The Kier molecular flexibility index (Phi) is 6.24. The van der Waals surface area contributed by atoms with Gasteiger partial charge in [-0.1, -0.05) is 19.9 Å². The maximum atomic E-state index is 14.3. The summed E-state index contributed by atoms with van der Waals surface area (Å²) in [6.45, 7) is 7.91. The zero-order chi connectivity index (χ0) is 21.2. The lowest BCUT2D eigenvalue weighted by molar-refractivity contribution is 0.102. The molecule has 1 N–H and O–H groups in total. The van der Waals surface area contributed by atoms with Crippen LogP contribution in [0.15, 0.2) is 41.3 Å². The first-order valence-corrected chi connectivity index (χ1v) is 11.2. The molecule has 29 heavy (non-hydrogen) atoms. The first-order chi connectivity index (χ1) is 13.8. The van der Waals surface area contributed by atoms with Gasteiger partial charge in [0.25, 0.3) is 5.91 Å². The summed E-state index contributed by atoms with van der Waals surface area (Å²) in [6.07, 6.45) is 0.956. The van der Waals surface area contributed by atoms with Crippen LogP contribution >= 0.6 is 0 Å². The minimum atomic E-state index is -3.79. The van der Waals surface area contributed by atoms with E-state index in [9.17, 15) is 17.6 Å². The monoisotopic (exact) mass is 419 g/mol. The second-order valence-electron chi connectivity index (χ2n) is 6.86. The second-order valence-corrected chi connectivity index (χ2v) is 8.80. The topological polar surface area (TPSA) is 69.7 Å². The molecule has 2 aromatic carbocycles. The molecule has 2 aromatic rings. The average Bonchev–Trinajstić information content (AvgIpc) is 3.11. The van der Waals surface area contributed by atoms with Gasteiger partial charge in [0.15, 0.2) is 0 Å². The van der Waals surface area contributed by atoms with Crippen LogP contribution < -0.4 is 10.2 Å². The molecule has 0 spiro atoms. The molecule has 0 unspecified atom stereocenters. The SMILES string of the molecule is CCN1CCc2ccc(NC(=O)c3cc(S(=O)(=O)N(CC)CC)ccc3F)cc21. The Morgan fingerprint density at radius 2 is 1.86 bits per heavy atom. The van der Waals surface area contributed by atoms with E-state index >= 15 is 0 Å². The molecule has 1 aliphatic rings. The van der Waals surface area contributed by atoms with E-state index in [2.05, 4.69) is 17.1 Å². The number of hydrogen-bond acceptors (Lipinski definition) is 4. The molecule has 0 atom stereocenters. The van der Waals surface area contributed by atoms with E-state index in [0.717, 1.165) is 37.3 Å². The van der Waals surface area contributed by atoms with Crippen LogP contribution in [0.5, 0.6) is 0 Å². The number of benzene rings is 2. The summed E-state index contributed by atoms with van der Waals surface area (Å²) >= 11 is 0. The molecule has 6 nitrogen and oxygen atoms in total. The molecule has 0 aromatic heterocycles. The van der Waals surface area contributed by atoms with E-state index in [-0.39, 0.29) is 10.5 Å². The van der Waals surface area contributed by atoms with Crippen LogP contribution in [-0.2, 0) is 16.4 Å². The maximum Gasteiger partial charge on any atom is 0.258 e. The van der Waals surface area contributed by atoms with Crippen LogP contribution in [0.3, 0.4) is 0 Å². The summed E-state index contributed by atoms with van der Waals surface area (Å²) in [4.78, 5) is 14.8. The molecular formula is C21H26FN3O3S. The van der Waals surface area contributed by atoms with Gasteiger partial charge < -0.3 is 10.2 Å². The van der Waals surface area contributed by atoms with Gasteiger partial charge in [-0.15, -0.1) is 0 Å². The number of fused-ring (bicyclic) bond motifs is 1. The minimum absolute atomic E-state index is 0.0983. The van der Waals surface area contributed by atoms with E-state index in [1.165, 1.54) is 15.9 Å². The van der Waals surface area contributed by atoms with Gasteiger partial charge in [-0.2, -0.15) is 4.31 Å². The van der Waals surface area contributed by atoms with Crippen LogP contribution in [0.25, 0.3) is 0 Å². The van der Waals surface area contributed by atoms with E-state index in [1.807, 2.05) is 12.1 Å². The molecule has 1 heterocycles. The molecule has 0 bridgehead atoms. The predicted octanol–water partition coefficient (Wildman–Crippen LogP) is 3.49. The van der Waals surface area contributed by atoms with Crippen LogP contribution in [-0.4, -0.2) is 44.8 Å². The number of nitrogens with one attached hydrogen (secondary N) is 1. The third-order valence-electron chi connectivity index (χ3n) is 5.24. The van der Waals surface area contributed by atoms with Crippen molar-refractivity contribution in [2.24, 2.45) is 0 Å². The number of likely N-dealkylation sites (N-methyl/N-ethyl adjacent to an activating group) is 1. The van der Waals surface area contributed by atoms with E-state index in [0.29, 0.717) is 18.8 Å². The zero-order valence-electron chi connectivity index (χ0n) is 16.9. The second kappa shape index (κ2) is 8.51.